The molecule has 0 radical (unpaired) electrons. The van der Waals surface area contributed by atoms with Crippen LogP contribution >= 0.6 is 12.2 Å². The summed E-state index contributed by atoms with van der Waals surface area (Å²) in [5, 5.41) is 3.35. The molecule has 1 fully saturated rings. The molecule has 1 aromatic carbocycles. The molecule has 6 nitrogen and oxygen atoms in total. The largest absolute Gasteiger partial charge is 0.357 e. The van der Waals surface area contributed by atoms with Crippen LogP contribution < -0.4 is 16.2 Å². The Morgan fingerprint density at radius 3 is 2.57 bits per heavy atom. The van der Waals surface area contributed by atoms with Crippen molar-refractivity contribution in [1.29, 1.82) is 0 Å². The van der Waals surface area contributed by atoms with E-state index in [4.69, 9.17) is 21.7 Å². The van der Waals surface area contributed by atoms with Gasteiger partial charge in [0.25, 0.3) is 0 Å². The van der Waals surface area contributed by atoms with Crippen LogP contribution in [0.25, 0.3) is 0 Å². The van der Waals surface area contributed by atoms with Gasteiger partial charge in [0.05, 0.1) is 19.6 Å². The van der Waals surface area contributed by atoms with E-state index in [-0.39, 0.29) is 12.3 Å². The van der Waals surface area contributed by atoms with Crippen LogP contribution in [0.4, 0.5) is 0 Å². The molecule has 0 saturated carbocycles. The van der Waals surface area contributed by atoms with Gasteiger partial charge in [-0.25, -0.2) is 0 Å². The molecular formula is C14H19N3O3S. The number of hydrazine groups is 1. The molecule has 0 atom stereocenters. The fourth-order valence-electron chi connectivity index (χ4n) is 1.94. The first-order chi connectivity index (χ1) is 10.1. The molecule has 1 amide bonds. The van der Waals surface area contributed by atoms with Crippen molar-refractivity contribution in [2.45, 2.75) is 25.7 Å². The topological polar surface area (TPSA) is 71.6 Å². The zero-order valence-corrected chi connectivity index (χ0v) is 12.7. The number of benzene rings is 1. The molecule has 1 heterocycles. The maximum atomic E-state index is 11.8. The second-order valence-electron chi connectivity index (χ2n) is 4.85. The molecule has 0 spiro atoms. The normalized spacial score (nSPS) is 16.2. The van der Waals surface area contributed by atoms with Gasteiger partial charge in [-0.3, -0.25) is 15.6 Å². The monoisotopic (exact) mass is 309 g/mol. The highest BCUT2D eigenvalue weighted by Gasteiger charge is 2.33. The third kappa shape index (κ3) is 5.30. The summed E-state index contributed by atoms with van der Waals surface area (Å²) >= 11 is 5.08. The summed E-state index contributed by atoms with van der Waals surface area (Å²) in [7, 11) is 0. The van der Waals surface area contributed by atoms with Crippen LogP contribution in [-0.2, 0) is 20.8 Å². The van der Waals surface area contributed by atoms with Gasteiger partial charge in [0.2, 0.25) is 5.91 Å². The minimum absolute atomic E-state index is 0.112. The maximum absolute atomic E-state index is 11.8. The number of ether oxygens (including phenoxy) is 2. The number of carbonyl (C=O) groups is 1. The summed E-state index contributed by atoms with van der Waals surface area (Å²) in [6, 6.07) is 9.84. The van der Waals surface area contributed by atoms with E-state index in [2.05, 4.69) is 16.2 Å². The molecule has 0 bridgehead atoms. The molecule has 0 aliphatic carbocycles. The highest BCUT2D eigenvalue weighted by Crippen LogP contribution is 2.21. The van der Waals surface area contributed by atoms with Gasteiger partial charge >= 0.3 is 0 Å². The lowest BCUT2D eigenvalue weighted by atomic mass is 10.2. The molecule has 0 unspecified atom stereocenters. The van der Waals surface area contributed by atoms with E-state index in [1.54, 1.807) is 6.92 Å². The van der Waals surface area contributed by atoms with Crippen LogP contribution in [0.3, 0.4) is 0 Å². The van der Waals surface area contributed by atoms with Crippen LogP contribution in [0.15, 0.2) is 30.3 Å². The van der Waals surface area contributed by atoms with Crippen LogP contribution in [0.5, 0.6) is 0 Å². The minimum Gasteiger partial charge on any atom is -0.357 e. The number of thiocarbonyl (C=S) groups is 1. The second kappa shape index (κ2) is 7.35. The Morgan fingerprint density at radius 2 is 1.90 bits per heavy atom. The molecule has 7 heteroatoms. The molecular weight excluding hydrogens is 290 g/mol. The fourth-order valence-corrected chi connectivity index (χ4v) is 2.07. The van der Waals surface area contributed by atoms with E-state index >= 15 is 0 Å². The lowest BCUT2D eigenvalue weighted by Crippen LogP contribution is -2.48. The number of nitrogens with one attached hydrogen (secondary N) is 3. The highest BCUT2D eigenvalue weighted by molar-refractivity contribution is 7.80. The number of rotatable bonds is 4. The molecule has 0 aromatic heterocycles. The predicted octanol–water partition coefficient (Wildman–Crippen LogP) is 0.835. The SMILES string of the molecule is CC1(CC(=O)NNC(=S)NCc2ccccc2)OCCO1. The first kappa shape index (κ1) is 15.7. The van der Waals surface area contributed by atoms with Gasteiger partial charge in [0.1, 0.15) is 0 Å². The van der Waals surface area contributed by atoms with E-state index in [0.29, 0.717) is 24.9 Å². The van der Waals surface area contributed by atoms with Crippen molar-refractivity contribution in [3.8, 4) is 0 Å². The molecule has 3 N–H and O–H groups in total. The Hall–Kier alpha value is -1.70. The Balaban J connectivity index is 1.65. The van der Waals surface area contributed by atoms with Crippen LogP contribution in [0, 0.1) is 0 Å². The van der Waals surface area contributed by atoms with Gasteiger partial charge in [-0.2, -0.15) is 0 Å². The van der Waals surface area contributed by atoms with Crippen molar-refractivity contribution >= 4 is 23.2 Å². The molecule has 21 heavy (non-hydrogen) atoms. The Morgan fingerprint density at radius 1 is 1.24 bits per heavy atom. The van der Waals surface area contributed by atoms with E-state index < -0.39 is 5.79 Å². The van der Waals surface area contributed by atoms with E-state index in [1.165, 1.54) is 0 Å². The third-order valence-electron chi connectivity index (χ3n) is 2.99. The average Bonchev–Trinajstić information content (AvgIpc) is 2.90. The standard InChI is InChI=1S/C14H19N3O3S/c1-14(19-7-8-20-14)9-12(18)16-17-13(21)15-10-11-5-3-2-4-6-11/h2-6H,7-10H2,1H3,(H,16,18)(H2,15,17,21). The maximum Gasteiger partial charge on any atom is 0.243 e. The smallest absolute Gasteiger partial charge is 0.243 e. The highest BCUT2D eigenvalue weighted by atomic mass is 32.1. The summed E-state index contributed by atoms with van der Waals surface area (Å²) < 4.78 is 10.7. The van der Waals surface area contributed by atoms with Gasteiger partial charge in [0.15, 0.2) is 10.9 Å². The third-order valence-corrected chi connectivity index (χ3v) is 3.24. The van der Waals surface area contributed by atoms with Crippen LogP contribution in [0.2, 0.25) is 0 Å². The molecule has 1 aliphatic rings. The van der Waals surface area contributed by atoms with Crippen molar-refractivity contribution in [3.63, 3.8) is 0 Å². The summed E-state index contributed by atoms with van der Waals surface area (Å²) in [6.45, 7) is 3.35. The van der Waals surface area contributed by atoms with Crippen molar-refractivity contribution in [2.75, 3.05) is 13.2 Å². The Kier molecular flexibility index (Phi) is 5.49. The Bertz CT molecular complexity index is 489. The summed E-state index contributed by atoms with van der Waals surface area (Å²) in [5.74, 6) is -1.09. The van der Waals surface area contributed by atoms with E-state index in [0.717, 1.165) is 5.56 Å². The first-order valence-corrected chi connectivity index (χ1v) is 7.13. The average molecular weight is 309 g/mol. The van der Waals surface area contributed by atoms with E-state index in [9.17, 15) is 4.79 Å². The summed E-state index contributed by atoms with van der Waals surface area (Å²) in [5.41, 5.74) is 6.28. The van der Waals surface area contributed by atoms with Crippen molar-refractivity contribution in [3.05, 3.63) is 35.9 Å². The van der Waals surface area contributed by atoms with E-state index in [1.807, 2.05) is 30.3 Å². The molecule has 2 rings (SSSR count). The number of hydrogen-bond acceptors (Lipinski definition) is 4. The van der Waals surface area contributed by atoms with Crippen LogP contribution in [-0.4, -0.2) is 30.0 Å². The number of hydrogen-bond donors (Lipinski definition) is 3. The van der Waals surface area contributed by atoms with Gasteiger partial charge in [-0.15, -0.1) is 0 Å². The van der Waals surface area contributed by atoms with Crippen LogP contribution in [0.1, 0.15) is 18.9 Å². The Labute approximate surface area is 129 Å². The second-order valence-corrected chi connectivity index (χ2v) is 5.26. The number of carbonyl (C=O) groups excluding carboxylic acids is 1. The lowest BCUT2D eigenvalue weighted by molar-refractivity contribution is -0.160. The summed E-state index contributed by atoms with van der Waals surface area (Å²) in [4.78, 5) is 11.8. The van der Waals surface area contributed by atoms with Gasteiger partial charge in [-0.05, 0) is 24.7 Å². The van der Waals surface area contributed by atoms with Crippen molar-refractivity contribution in [1.82, 2.24) is 16.2 Å². The molecule has 1 saturated heterocycles. The minimum atomic E-state index is -0.842. The zero-order valence-electron chi connectivity index (χ0n) is 11.8. The van der Waals surface area contributed by atoms with Crippen molar-refractivity contribution < 1.29 is 14.3 Å². The summed E-state index contributed by atoms with van der Waals surface area (Å²) in [6.07, 6.45) is 0.112. The molecule has 114 valence electrons. The molecule has 1 aromatic rings. The number of amides is 1. The zero-order chi connectivity index (χ0) is 15.1. The fraction of sp³-hybridized carbons (Fsp3) is 0.429. The van der Waals surface area contributed by atoms with Crippen molar-refractivity contribution in [2.24, 2.45) is 0 Å². The predicted molar refractivity (Wildman–Crippen MR) is 82.1 cm³/mol. The van der Waals surface area contributed by atoms with Gasteiger partial charge in [0, 0.05) is 6.54 Å². The molecule has 1 aliphatic heterocycles. The van der Waals surface area contributed by atoms with Gasteiger partial charge < -0.3 is 14.8 Å². The lowest BCUT2D eigenvalue weighted by Gasteiger charge is -2.21. The quantitative estimate of drug-likeness (QED) is 0.565. The van der Waals surface area contributed by atoms with Gasteiger partial charge in [-0.1, -0.05) is 30.3 Å². The first-order valence-electron chi connectivity index (χ1n) is 6.72.